The molecule has 1 aromatic heterocycles. The van der Waals surface area contributed by atoms with Gasteiger partial charge in [-0.2, -0.15) is 0 Å². The zero-order chi connectivity index (χ0) is 24.6. The predicted molar refractivity (Wildman–Crippen MR) is 139 cm³/mol. The standard InChI is InChI=1S/C28H30ClN3O3/c1-20-18-23(12-13-24(20)29)35-17-5-16-32-26-7-4-3-6-25(26)31-27(32)14-15-30-28(33)19-21-8-10-22(34-2)11-9-21/h3-4,6-13,18H,5,14-17,19H2,1-2H3,(H,30,33). The third kappa shape index (κ3) is 6.55. The maximum atomic E-state index is 12.4. The van der Waals surface area contributed by atoms with Gasteiger partial charge in [0.25, 0.3) is 0 Å². The first-order valence-corrected chi connectivity index (χ1v) is 12.1. The number of nitrogens with one attached hydrogen (secondary N) is 1. The summed E-state index contributed by atoms with van der Waals surface area (Å²) >= 11 is 6.10. The van der Waals surface area contributed by atoms with Gasteiger partial charge in [0.2, 0.25) is 5.91 Å². The van der Waals surface area contributed by atoms with E-state index in [2.05, 4.69) is 16.0 Å². The van der Waals surface area contributed by atoms with Crippen molar-refractivity contribution < 1.29 is 14.3 Å². The summed E-state index contributed by atoms with van der Waals surface area (Å²) in [6.45, 7) is 3.86. The lowest BCUT2D eigenvalue weighted by Crippen LogP contribution is -2.28. The van der Waals surface area contributed by atoms with Crippen LogP contribution in [0.4, 0.5) is 0 Å². The van der Waals surface area contributed by atoms with Gasteiger partial charge in [-0.15, -0.1) is 0 Å². The zero-order valence-corrected chi connectivity index (χ0v) is 20.8. The first kappa shape index (κ1) is 24.6. The maximum Gasteiger partial charge on any atom is 0.224 e. The van der Waals surface area contributed by atoms with Crippen LogP contribution in [-0.2, 0) is 24.2 Å². The Morgan fingerprint density at radius 2 is 1.83 bits per heavy atom. The van der Waals surface area contributed by atoms with Crippen molar-refractivity contribution in [3.05, 3.63) is 88.7 Å². The summed E-state index contributed by atoms with van der Waals surface area (Å²) in [4.78, 5) is 17.2. The number of aromatic nitrogens is 2. The third-order valence-electron chi connectivity index (χ3n) is 5.85. The number of methoxy groups -OCH3 is 1. The fourth-order valence-corrected chi connectivity index (χ4v) is 4.11. The molecule has 0 aliphatic heterocycles. The largest absolute Gasteiger partial charge is 0.497 e. The van der Waals surface area contributed by atoms with E-state index in [1.165, 1.54) is 0 Å². The third-order valence-corrected chi connectivity index (χ3v) is 6.28. The lowest BCUT2D eigenvalue weighted by Gasteiger charge is -2.12. The van der Waals surface area contributed by atoms with Gasteiger partial charge in [0.15, 0.2) is 0 Å². The monoisotopic (exact) mass is 491 g/mol. The van der Waals surface area contributed by atoms with E-state index in [0.717, 1.165) is 57.5 Å². The Labute approximate surface area is 210 Å². The van der Waals surface area contributed by atoms with Crippen LogP contribution in [0, 0.1) is 6.92 Å². The number of carbonyl (C=O) groups is 1. The van der Waals surface area contributed by atoms with Crippen LogP contribution in [0.25, 0.3) is 11.0 Å². The average Bonchev–Trinajstić information content (AvgIpc) is 3.21. The molecule has 182 valence electrons. The zero-order valence-electron chi connectivity index (χ0n) is 20.1. The summed E-state index contributed by atoms with van der Waals surface area (Å²) in [6, 6.07) is 21.4. The minimum Gasteiger partial charge on any atom is -0.497 e. The number of para-hydroxylation sites is 2. The molecule has 0 aliphatic rings. The molecule has 4 rings (SSSR count). The molecular weight excluding hydrogens is 462 g/mol. The van der Waals surface area contributed by atoms with Crippen LogP contribution in [-0.4, -0.2) is 35.7 Å². The van der Waals surface area contributed by atoms with E-state index in [1.807, 2.05) is 67.6 Å². The van der Waals surface area contributed by atoms with Crippen molar-refractivity contribution in [3.8, 4) is 11.5 Å². The van der Waals surface area contributed by atoms with E-state index in [0.29, 0.717) is 26.0 Å². The normalized spacial score (nSPS) is 10.9. The van der Waals surface area contributed by atoms with E-state index in [-0.39, 0.29) is 5.91 Å². The van der Waals surface area contributed by atoms with Gasteiger partial charge in [-0.1, -0.05) is 35.9 Å². The van der Waals surface area contributed by atoms with E-state index >= 15 is 0 Å². The number of amides is 1. The van der Waals surface area contributed by atoms with Crippen molar-refractivity contribution in [2.24, 2.45) is 0 Å². The van der Waals surface area contributed by atoms with E-state index in [1.54, 1.807) is 7.11 Å². The number of nitrogens with zero attached hydrogens (tertiary/aromatic N) is 2. The Kier molecular flexibility index (Phi) is 8.27. The van der Waals surface area contributed by atoms with Crippen molar-refractivity contribution in [1.82, 2.24) is 14.9 Å². The Morgan fingerprint density at radius 1 is 1.06 bits per heavy atom. The summed E-state index contributed by atoms with van der Waals surface area (Å²) in [5.74, 6) is 2.55. The van der Waals surface area contributed by atoms with Gasteiger partial charge < -0.3 is 19.4 Å². The van der Waals surface area contributed by atoms with Gasteiger partial charge in [-0.25, -0.2) is 4.98 Å². The van der Waals surface area contributed by atoms with Crippen molar-refractivity contribution in [3.63, 3.8) is 0 Å². The number of rotatable bonds is 11. The van der Waals surface area contributed by atoms with Crippen molar-refractivity contribution in [2.45, 2.75) is 32.7 Å². The highest BCUT2D eigenvalue weighted by molar-refractivity contribution is 6.31. The van der Waals surface area contributed by atoms with Crippen LogP contribution < -0.4 is 14.8 Å². The first-order chi connectivity index (χ1) is 17.0. The highest BCUT2D eigenvalue weighted by atomic mass is 35.5. The minimum absolute atomic E-state index is 0.00974. The first-order valence-electron chi connectivity index (χ1n) is 11.8. The number of benzene rings is 3. The summed E-state index contributed by atoms with van der Waals surface area (Å²) in [5, 5.41) is 3.76. The number of hydrogen-bond donors (Lipinski definition) is 1. The number of carbonyl (C=O) groups excluding carboxylic acids is 1. The molecule has 0 unspecified atom stereocenters. The maximum absolute atomic E-state index is 12.4. The molecule has 0 fully saturated rings. The molecule has 1 amide bonds. The molecule has 0 atom stereocenters. The molecule has 7 heteroatoms. The Balaban J connectivity index is 1.32. The molecular formula is C28H30ClN3O3. The van der Waals surface area contributed by atoms with Crippen LogP contribution >= 0.6 is 11.6 Å². The molecule has 0 bridgehead atoms. The summed E-state index contributed by atoms with van der Waals surface area (Å²) in [7, 11) is 1.63. The van der Waals surface area contributed by atoms with Crippen LogP contribution in [0.2, 0.25) is 5.02 Å². The molecule has 0 spiro atoms. The second kappa shape index (κ2) is 11.8. The van der Waals surface area contributed by atoms with Crippen molar-refractivity contribution in [1.29, 1.82) is 0 Å². The van der Waals surface area contributed by atoms with Crippen LogP contribution in [0.5, 0.6) is 11.5 Å². The second-order valence-corrected chi connectivity index (χ2v) is 8.81. The van der Waals surface area contributed by atoms with Gasteiger partial charge >= 0.3 is 0 Å². The summed E-state index contributed by atoms with van der Waals surface area (Å²) in [6.07, 6.45) is 1.82. The molecule has 0 saturated carbocycles. The topological polar surface area (TPSA) is 65.4 Å². The van der Waals surface area contributed by atoms with Crippen LogP contribution in [0.15, 0.2) is 66.7 Å². The number of ether oxygens (including phenoxy) is 2. The molecule has 3 aromatic carbocycles. The van der Waals surface area contributed by atoms with Gasteiger partial charge in [-0.05, 0) is 66.9 Å². The lowest BCUT2D eigenvalue weighted by molar-refractivity contribution is -0.120. The fourth-order valence-electron chi connectivity index (χ4n) is 3.99. The molecule has 4 aromatic rings. The van der Waals surface area contributed by atoms with E-state index < -0.39 is 0 Å². The van der Waals surface area contributed by atoms with Crippen LogP contribution in [0.1, 0.15) is 23.4 Å². The quantitative estimate of drug-likeness (QED) is 0.286. The predicted octanol–water partition coefficient (Wildman–Crippen LogP) is 5.38. The number of imidazole rings is 1. The summed E-state index contributed by atoms with van der Waals surface area (Å²) < 4.78 is 13.3. The van der Waals surface area contributed by atoms with Crippen molar-refractivity contribution in [2.75, 3.05) is 20.3 Å². The molecule has 0 aliphatic carbocycles. The smallest absolute Gasteiger partial charge is 0.224 e. The van der Waals surface area contributed by atoms with Gasteiger partial charge in [-0.3, -0.25) is 4.79 Å². The number of fused-ring (bicyclic) bond motifs is 1. The number of halogens is 1. The average molecular weight is 492 g/mol. The highest BCUT2D eigenvalue weighted by Gasteiger charge is 2.11. The highest BCUT2D eigenvalue weighted by Crippen LogP contribution is 2.22. The van der Waals surface area contributed by atoms with Gasteiger partial charge in [0.05, 0.1) is 31.2 Å². The second-order valence-electron chi connectivity index (χ2n) is 8.41. The molecule has 0 saturated heterocycles. The number of hydrogen-bond acceptors (Lipinski definition) is 4. The molecule has 1 heterocycles. The van der Waals surface area contributed by atoms with Gasteiger partial charge in [0, 0.05) is 24.5 Å². The Bertz CT molecular complexity index is 1280. The summed E-state index contributed by atoms with van der Waals surface area (Å²) in [5.41, 5.74) is 4.00. The van der Waals surface area contributed by atoms with E-state index in [4.69, 9.17) is 26.1 Å². The lowest BCUT2D eigenvalue weighted by atomic mass is 10.1. The van der Waals surface area contributed by atoms with E-state index in [9.17, 15) is 4.79 Å². The molecule has 0 radical (unpaired) electrons. The molecule has 6 nitrogen and oxygen atoms in total. The molecule has 35 heavy (non-hydrogen) atoms. The van der Waals surface area contributed by atoms with Crippen molar-refractivity contribution >= 4 is 28.5 Å². The molecule has 1 N–H and O–H groups in total. The Hall–Kier alpha value is -3.51. The number of aryl methyl sites for hydroxylation is 2. The minimum atomic E-state index is -0.00974. The fraction of sp³-hybridized carbons (Fsp3) is 0.286. The van der Waals surface area contributed by atoms with Crippen LogP contribution in [0.3, 0.4) is 0 Å². The Morgan fingerprint density at radius 3 is 2.60 bits per heavy atom. The van der Waals surface area contributed by atoms with Gasteiger partial charge in [0.1, 0.15) is 17.3 Å². The SMILES string of the molecule is COc1ccc(CC(=O)NCCc2nc3ccccc3n2CCCOc2ccc(Cl)c(C)c2)cc1.